The summed E-state index contributed by atoms with van der Waals surface area (Å²) in [6.45, 7) is 5.08. The van der Waals surface area contributed by atoms with Crippen molar-refractivity contribution in [2.75, 3.05) is 34.0 Å². The van der Waals surface area contributed by atoms with Gasteiger partial charge >= 0.3 is 0 Å². The number of unbranched alkanes of at least 4 members (excludes halogenated alkanes) is 22. The predicted molar refractivity (Wildman–Crippen MR) is 201 cm³/mol. The molecule has 7 heteroatoms. The zero-order valence-corrected chi connectivity index (χ0v) is 31.6. The number of hydrogen-bond donors (Lipinski definition) is 2. The molecule has 0 saturated carbocycles. The molecule has 0 aliphatic carbocycles. The van der Waals surface area contributed by atoms with Crippen LogP contribution in [0.2, 0.25) is 0 Å². The third-order valence-corrected chi connectivity index (χ3v) is 11.0. The summed E-state index contributed by atoms with van der Waals surface area (Å²) in [5.74, 6) is 3.35. The lowest BCUT2D eigenvalue weighted by atomic mass is 10.1. The van der Waals surface area contributed by atoms with Crippen molar-refractivity contribution in [1.29, 1.82) is 0 Å². The zero-order chi connectivity index (χ0) is 30.8. The standard InChI is InChI=1S/C35H69IN2O2S2/c1-3-5-7-9-11-13-15-17-19-21-23-25-27-41-31-34(39)37-30-33(29-36)38-35(40)32-42-28-26-24-22-20-18-16-14-12-10-8-6-4-2/h33H,3-32H2,1-2H3,(H,37,39)(H,38,40). The first-order valence-corrected chi connectivity index (χ1v) is 21.7. The highest BCUT2D eigenvalue weighted by atomic mass is 127. The third kappa shape index (κ3) is 33.3. The van der Waals surface area contributed by atoms with Crippen LogP contribution in [-0.2, 0) is 9.59 Å². The number of carbonyl (C=O) groups is 2. The van der Waals surface area contributed by atoms with Crippen LogP contribution in [-0.4, -0.2) is 51.8 Å². The molecule has 2 N–H and O–H groups in total. The van der Waals surface area contributed by atoms with Crippen LogP contribution in [0.5, 0.6) is 0 Å². The molecule has 4 nitrogen and oxygen atoms in total. The largest absolute Gasteiger partial charge is 0.353 e. The van der Waals surface area contributed by atoms with Crippen molar-refractivity contribution in [1.82, 2.24) is 10.6 Å². The van der Waals surface area contributed by atoms with E-state index in [2.05, 4.69) is 47.1 Å². The van der Waals surface area contributed by atoms with E-state index < -0.39 is 0 Å². The second-order valence-electron chi connectivity index (χ2n) is 12.1. The molecular weight excluding hydrogens is 671 g/mol. The molecule has 250 valence electrons. The van der Waals surface area contributed by atoms with E-state index in [9.17, 15) is 9.59 Å². The Bertz CT molecular complexity index is 583. The van der Waals surface area contributed by atoms with Gasteiger partial charge in [0.2, 0.25) is 11.8 Å². The summed E-state index contributed by atoms with van der Waals surface area (Å²) in [6.07, 6.45) is 32.7. The molecule has 1 atom stereocenters. The van der Waals surface area contributed by atoms with Crippen LogP contribution >= 0.6 is 46.1 Å². The first-order chi connectivity index (χ1) is 20.6. The molecule has 0 aliphatic rings. The molecule has 0 aliphatic heterocycles. The highest BCUT2D eigenvalue weighted by Crippen LogP contribution is 2.15. The number of hydrogen-bond acceptors (Lipinski definition) is 4. The lowest BCUT2D eigenvalue weighted by molar-refractivity contribution is -0.120. The Morgan fingerprint density at radius 2 is 0.857 bits per heavy atom. The van der Waals surface area contributed by atoms with E-state index in [1.54, 1.807) is 23.5 Å². The quantitative estimate of drug-likeness (QED) is 0.0392. The van der Waals surface area contributed by atoms with Gasteiger partial charge in [-0.05, 0) is 24.3 Å². The highest BCUT2D eigenvalue weighted by molar-refractivity contribution is 14.1. The molecule has 0 saturated heterocycles. The van der Waals surface area contributed by atoms with Crippen LogP contribution < -0.4 is 10.6 Å². The Hall–Kier alpha value is 0.370. The average Bonchev–Trinajstić information content (AvgIpc) is 2.99. The van der Waals surface area contributed by atoms with Gasteiger partial charge in [0.15, 0.2) is 0 Å². The molecule has 0 radical (unpaired) electrons. The minimum absolute atomic E-state index is 0.00985. The van der Waals surface area contributed by atoms with Crippen molar-refractivity contribution < 1.29 is 9.59 Å². The third-order valence-electron chi connectivity index (χ3n) is 7.85. The second kappa shape index (κ2) is 35.8. The molecule has 0 spiro atoms. The molecule has 0 aromatic heterocycles. The lowest BCUT2D eigenvalue weighted by Crippen LogP contribution is -2.45. The summed E-state index contributed by atoms with van der Waals surface area (Å²) in [5.41, 5.74) is 0. The second-order valence-corrected chi connectivity index (χ2v) is 15.2. The molecule has 2 amide bonds. The zero-order valence-electron chi connectivity index (χ0n) is 27.8. The Labute approximate surface area is 284 Å². The number of halogens is 1. The summed E-state index contributed by atoms with van der Waals surface area (Å²) >= 11 is 5.77. The van der Waals surface area contributed by atoms with Crippen LogP contribution in [0.1, 0.15) is 168 Å². The fourth-order valence-electron chi connectivity index (χ4n) is 5.12. The van der Waals surface area contributed by atoms with Gasteiger partial charge in [0, 0.05) is 11.0 Å². The number of carbonyl (C=O) groups excluding carboxylic acids is 2. The summed E-state index contributed by atoms with van der Waals surface area (Å²) in [4.78, 5) is 24.6. The van der Waals surface area contributed by atoms with Gasteiger partial charge in [0.1, 0.15) is 0 Å². The lowest BCUT2D eigenvalue weighted by Gasteiger charge is -2.17. The minimum atomic E-state index is 0.00985. The number of nitrogens with one attached hydrogen (secondary N) is 2. The van der Waals surface area contributed by atoms with E-state index in [0.717, 1.165) is 15.9 Å². The van der Waals surface area contributed by atoms with Crippen molar-refractivity contribution in [3.8, 4) is 0 Å². The van der Waals surface area contributed by atoms with Gasteiger partial charge in [-0.3, -0.25) is 9.59 Å². The van der Waals surface area contributed by atoms with Crippen LogP contribution in [0, 0.1) is 0 Å². The van der Waals surface area contributed by atoms with Crippen LogP contribution in [0.4, 0.5) is 0 Å². The minimum Gasteiger partial charge on any atom is -0.353 e. The highest BCUT2D eigenvalue weighted by Gasteiger charge is 2.12. The van der Waals surface area contributed by atoms with Crippen LogP contribution in [0.15, 0.2) is 0 Å². The Kier molecular flexibility index (Phi) is 36.2. The normalized spacial score (nSPS) is 12.0. The van der Waals surface area contributed by atoms with Gasteiger partial charge in [-0.15, -0.1) is 0 Å². The first-order valence-electron chi connectivity index (χ1n) is 17.9. The summed E-state index contributed by atoms with van der Waals surface area (Å²) in [7, 11) is 0. The summed E-state index contributed by atoms with van der Waals surface area (Å²) in [5, 5.41) is 6.12. The molecule has 0 fully saturated rings. The molecule has 0 rings (SSSR count). The topological polar surface area (TPSA) is 58.2 Å². The van der Waals surface area contributed by atoms with Gasteiger partial charge in [-0.1, -0.05) is 178 Å². The van der Waals surface area contributed by atoms with Crippen molar-refractivity contribution in [3.05, 3.63) is 0 Å². The monoisotopic (exact) mass is 740 g/mol. The molecule has 0 aromatic carbocycles. The van der Waals surface area contributed by atoms with Gasteiger partial charge in [-0.25, -0.2) is 0 Å². The number of alkyl halides is 1. The van der Waals surface area contributed by atoms with Gasteiger partial charge in [0.25, 0.3) is 0 Å². The van der Waals surface area contributed by atoms with Crippen LogP contribution in [0.25, 0.3) is 0 Å². The van der Waals surface area contributed by atoms with E-state index in [0.29, 0.717) is 18.1 Å². The maximum Gasteiger partial charge on any atom is 0.230 e. The Morgan fingerprint density at radius 1 is 0.524 bits per heavy atom. The fraction of sp³-hybridized carbons (Fsp3) is 0.943. The van der Waals surface area contributed by atoms with Gasteiger partial charge in [-0.2, -0.15) is 23.5 Å². The van der Waals surface area contributed by atoms with E-state index >= 15 is 0 Å². The Balaban J connectivity index is 3.51. The van der Waals surface area contributed by atoms with Gasteiger partial charge < -0.3 is 10.6 Å². The van der Waals surface area contributed by atoms with Crippen molar-refractivity contribution in [2.45, 2.75) is 174 Å². The van der Waals surface area contributed by atoms with Crippen molar-refractivity contribution in [3.63, 3.8) is 0 Å². The van der Waals surface area contributed by atoms with E-state index in [4.69, 9.17) is 0 Å². The molecule has 0 aromatic rings. The smallest absolute Gasteiger partial charge is 0.230 e. The molecule has 0 bridgehead atoms. The van der Waals surface area contributed by atoms with E-state index in [1.165, 1.54) is 154 Å². The number of thioether (sulfide) groups is 2. The summed E-state index contributed by atoms with van der Waals surface area (Å²) < 4.78 is 0.805. The van der Waals surface area contributed by atoms with Crippen molar-refractivity contribution >= 4 is 57.9 Å². The van der Waals surface area contributed by atoms with Gasteiger partial charge in [0.05, 0.1) is 17.5 Å². The number of amides is 2. The molecule has 1 unspecified atom stereocenters. The van der Waals surface area contributed by atoms with Crippen LogP contribution in [0.3, 0.4) is 0 Å². The Morgan fingerprint density at radius 3 is 1.21 bits per heavy atom. The maximum absolute atomic E-state index is 12.3. The predicted octanol–water partition coefficient (Wildman–Crippen LogP) is 10.9. The first kappa shape index (κ1) is 42.4. The maximum atomic E-state index is 12.3. The number of rotatable bonds is 34. The summed E-state index contributed by atoms with van der Waals surface area (Å²) in [6, 6.07) is 0.00985. The fourth-order valence-corrected chi connectivity index (χ4v) is 7.31. The van der Waals surface area contributed by atoms with E-state index in [1.807, 2.05) is 0 Å². The molecular formula is C35H69IN2O2S2. The molecule has 42 heavy (non-hydrogen) atoms. The SMILES string of the molecule is CCCCCCCCCCCCCCSCC(=O)NCC(CI)NC(=O)CSCCCCCCCCCCCCCC. The average molecular weight is 741 g/mol. The molecule has 0 heterocycles. The van der Waals surface area contributed by atoms with Crippen molar-refractivity contribution in [2.24, 2.45) is 0 Å². The van der Waals surface area contributed by atoms with E-state index in [-0.39, 0.29) is 17.9 Å².